The van der Waals surface area contributed by atoms with Gasteiger partial charge in [-0.1, -0.05) is 65.1 Å². The van der Waals surface area contributed by atoms with Crippen molar-refractivity contribution in [2.24, 2.45) is 17.3 Å². The second-order valence-corrected chi connectivity index (χ2v) is 10.7. The van der Waals surface area contributed by atoms with Crippen molar-refractivity contribution in [2.45, 2.75) is 26.3 Å². The topological polar surface area (TPSA) is 78.5 Å². The van der Waals surface area contributed by atoms with Crippen molar-refractivity contribution < 1.29 is 14.4 Å². The quantitative estimate of drug-likeness (QED) is 0.499. The number of para-hydroxylation sites is 2. The fourth-order valence-electron chi connectivity index (χ4n) is 4.41. The maximum absolute atomic E-state index is 13.8. The van der Waals surface area contributed by atoms with Gasteiger partial charge in [-0.3, -0.25) is 19.3 Å². The first-order chi connectivity index (χ1) is 15.6. The molecule has 0 spiro atoms. The van der Waals surface area contributed by atoms with E-state index < -0.39 is 17.9 Å². The lowest BCUT2D eigenvalue weighted by molar-refractivity contribution is -0.127. The molecule has 1 aliphatic carbocycles. The first-order valence-corrected chi connectivity index (χ1v) is 12.0. The Bertz CT molecular complexity index is 1150. The van der Waals surface area contributed by atoms with Crippen LogP contribution in [0.5, 0.6) is 0 Å². The molecular formula is C24H22BrCl2N3O3. The summed E-state index contributed by atoms with van der Waals surface area (Å²) in [6, 6.07) is 13.2. The number of rotatable bonds is 5. The SMILES string of the molecule is CC1(C)[C@H](C(=O)N2c3ccccc3NC(=O)[C@@H]2CC(=O)Nc2ccc(Br)cc2)[C@@H]1C=C(Cl)Cl. The van der Waals surface area contributed by atoms with Crippen LogP contribution in [0.2, 0.25) is 0 Å². The number of nitrogens with one attached hydrogen (secondary N) is 2. The van der Waals surface area contributed by atoms with Gasteiger partial charge in [0.15, 0.2) is 0 Å². The van der Waals surface area contributed by atoms with Crippen molar-refractivity contribution in [1.82, 2.24) is 0 Å². The summed E-state index contributed by atoms with van der Waals surface area (Å²) in [5.41, 5.74) is 1.31. The molecule has 0 saturated heterocycles. The van der Waals surface area contributed by atoms with Crippen molar-refractivity contribution in [2.75, 3.05) is 15.5 Å². The zero-order valence-electron chi connectivity index (χ0n) is 17.9. The standard InChI is InChI=1S/C24H22BrCl2N3O3/c1-24(2)15(11-19(26)27)21(24)23(33)30-17-6-4-3-5-16(17)29-22(32)18(30)12-20(31)28-14-9-7-13(25)8-10-14/h3-11,15,18,21H,12H2,1-2H3,(H,28,31)(H,29,32)/t15-,18-,21-/m0/s1. The molecule has 2 N–H and O–H groups in total. The zero-order valence-corrected chi connectivity index (χ0v) is 21.0. The van der Waals surface area contributed by atoms with Crippen molar-refractivity contribution >= 4 is 73.9 Å². The molecule has 0 bridgehead atoms. The van der Waals surface area contributed by atoms with Crippen molar-refractivity contribution in [3.63, 3.8) is 0 Å². The van der Waals surface area contributed by atoms with Gasteiger partial charge in [0.05, 0.1) is 23.7 Å². The second kappa shape index (κ2) is 9.12. The Labute approximate surface area is 210 Å². The van der Waals surface area contributed by atoms with Gasteiger partial charge in [-0.15, -0.1) is 0 Å². The van der Waals surface area contributed by atoms with Crippen molar-refractivity contribution in [3.05, 3.63) is 63.6 Å². The minimum absolute atomic E-state index is 0.102. The normalized spacial score (nSPS) is 22.6. The summed E-state index contributed by atoms with van der Waals surface area (Å²) < 4.78 is 0.985. The van der Waals surface area contributed by atoms with Crippen LogP contribution in [0.25, 0.3) is 0 Å². The van der Waals surface area contributed by atoms with Gasteiger partial charge in [-0.2, -0.15) is 0 Å². The van der Waals surface area contributed by atoms with E-state index in [4.69, 9.17) is 23.2 Å². The third kappa shape index (κ3) is 4.81. The molecule has 0 unspecified atom stereocenters. The first kappa shape index (κ1) is 23.8. The molecule has 2 aromatic carbocycles. The van der Waals surface area contributed by atoms with Gasteiger partial charge in [-0.05, 0) is 53.8 Å². The van der Waals surface area contributed by atoms with Crippen molar-refractivity contribution in [3.8, 4) is 0 Å². The molecule has 33 heavy (non-hydrogen) atoms. The highest BCUT2D eigenvalue weighted by atomic mass is 79.9. The van der Waals surface area contributed by atoms with E-state index in [2.05, 4.69) is 26.6 Å². The fraction of sp³-hybridized carbons (Fsp3) is 0.292. The molecule has 2 aromatic rings. The highest BCUT2D eigenvalue weighted by Gasteiger charge is 2.62. The summed E-state index contributed by atoms with van der Waals surface area (Å²) in [5, 5.41) is 5.62. The van der Waals surface area contributed by atoms with Crippen LogP contribution in [0.4, 0.5) is 17.1 Å². The average molecular weight is 551 g/mol. The Morgan fingerprint density at radius 1 is 1.15 bits per heavy atom. The number of benzene rings is 2. The molecule has 1 fully saturated rings. The van der Waals surface area contributed by atoms with E-state index in [9.17, 15) is 14.4 Å². The molecule has 1 saturated carbocycles. The molecule has 6 nitrogen and oxygen atoms in total. The number of carbonyl (C=O) groups excluding carboxylic acids is 3. The highest BCUT2D eigenvalue weighted by molar-refractivity contribution is 9.10. The third-order valence-corrected chi connectivity index (χ3v) is 7.04. The van der Waals surface area contributed by atoms with E-state index in [-0.39, 0.29) is 34.1 Å². The minimum Gasteiger partial charge on any atom is -0.326 e. The van der Waals surface area contributed by atoms with E-state index in [1.54, 1.807) is 54.6 Å². The Morgan fingerprint density at radius 2 is 1.82 bits per heavy atom. The van der Waals surface area contributed by atoms with Gasteiger partial charge < -0.3 is 10.6 Å². The van der Waals surface area contributed by atoms with Gasteiger partial charge >= 0.3 is 0 Å². The molecule has 9 heteroatoms. The highest BCUT2D eigenvalue weighted by Crippen LogP contribution is 2.61. The number of amides is 3. The number of nitrogens with zero attached hydrogens (tertiary/aromatic N) is 1. The molecule has 0 aromatic heterocycles. The molecule has 2 aliphatic rings. The summed E-state index contributed by atoms with van der Waals surface area (Å²) in [4.78, 5) is 41.1. The first-order valence-electron chi connectivity index (χ1n) is 10.4. The molecular weight excluding hydrogens is 529 g/mol. The fourth-order valence-corrected chi connectivity index (χ4v) is 4.95. The maximum Gasteiger partial charge on any atom is 0.248 e. The Morgan fingerprint density at radius 3 is 2.48 bits per heavy atom. The van der Waals surface area contributed by atoms with Crippen LogP contribution < -0.4 is 15.5 Å². The van der Waals surface area contributed by atoms with Crippen LogP contribution in [-0.4, -0.2) is 23.8 Å². The predicted octanol–water partition coefficient (Wildman–Crippen LogP) is 5.72. The number of carbonyl (C=O) groups is 3. The van der Waals surface area contributed by atoms with E-state index in [1.165, 1.54) is 4.90 Å². The monoisotopic (exact) mass is 549 g/mol. The molecule has 172 valence electrons. The van der Waals surface area contributed by atoms with Crippen LogP contribution in [0.3, 0.4) is 0 Å². The van der Waals surface area contributed by atoms with E-state index in [1.807, 2.05) is 13.8 Å². The number of anilines is 3. The number of fused-ring (bicyclic) bond motifs is 1. The summed E-state index contributed by atoms with van der Waals surface area (Å²) >= 11 is 15.1. The Balaban J connectivity index is 1.63. The Kier molecular flexibility index (Phi) is 6.58. The molecule has 1 heterocycles. The molecule has 1 aliphatic heterocycles. The van der Waals surface area contributed by atoms with E-state index in [0.29, 0.717) is 17.1 Å². The number of allylic oxidation sites excluding steroid dienone is 1. The average Bonchev–Trinajstić information content (AvgIpc) is 3.28. The van der Waals surface area contributed by atoms with Gasteiger partial charge in [0, 0.05) is 10.2 Å². The van der Waals surface area contributed by atoms with Crippen LogP contribution in [0, 0.1) is 17.3 Å². The summed E-state index contributed by atoms with van der Waals surface area (Å²) in [6.45, 7) is 3.91. The van der Waals surface area contributed by atoms with Gasteiger partial charge in [0.1, 0.15) is 10.5 Å². The second-order valence-electron chi connectivity index (χ2n) is 8.77. The van der Waals surface area contributed by atoms with Crippen molar-refractivity contribution in [1.29, 1.82) is 0 Å². The number of hydrogen-bond donors (Lipinski definition) is 2. The predicted molar refractivity (Wildman–Crippen MR) is 134 cm³/mol. The van der Waals surface area contributed by atoms with E-state index in [0.717, 1.165) is 4.47 Å². The van der Waals surface area contributed by atoms with Crippen LogP contribution in [0.1, 0.15) is 20.3 Å². The third-order valence-electron chi connectivity index (χ3n) is 6.26. The summed E-state index contributed by atoms with van der Waals surface area (Å²) in [7, 11) is 0. The van der Waals surface area contributed by atoms with Gasteiger partial charge in [0.25, 0.3) is 0 Å². The zero-order chi connectivity index (χ0) is 23.9. The van der Waals surface area contributed by atoms with Crippen LogP contribution in [0.15, 0.2) is 63.6 Å². The maximum atomic E-state index is 13.8. The van der Waals surface area contributed by atoms with Gasteiger partial charge in [-0.25, -0.2) is 0 Å². The Hall–Kier alpha value is -2.35. The van der Waals surface area contributed by atoms with Crippen LogP contribution >= 0.6 is 39.1 Å². The number of halogens is 3. The molecule has 4 rings (SSSR count). The summed E-state index contributed by atoms with van der Waals surface area (Å²) in [5.74, 6) is -1.59. The largest absolute Gasteiger partial charge is 0.326 e. The van der Waals surface area contributed by atoms with Gasteiger partial charge in [0.2, 0.25) is 17.7 Å². The van der Waals surface area contributed by atoms with E-state index >= 15 is 0 Å². The molecule has 3 amide bonds. The number of hydrogen-bond acceptors (Lipinski definition) is 3. The van der Waals surface area contributed by atoms with Crippen LogP contribution in [-0.2, 0) is 14.4 Å². The molecule has 3 atom stereocenters. The summed E-state index contributed by atoms with van der Waals surface area (Å²) in [6.07, 6.45) is 1.47. The lowest BCUT2D eigenvalue weighted by Gasteiger charge is -2.36. The molecule has 0 radical (unpaired) electrons. The minimum atomic E-state index is -0.990. The lowest BCUT2D eigenvalue weighted by atomic mass is 10.0. The lowest BCUT2D eigenvalue weighted by Crippen LogP contribution is -2.53. The smallest absolute Gasteiger partial charge is 0.248 e.